The predicted molar refractivity (Wildman–Crippen MR) is 70.7 cm³/mol. The van der Waals surface area contributed by atoms with E-state index in [1.807, 2.05) is 31.7 Å². The summed E-state index contributed by atoms with van der Waals surface area (Å²) in [6.07, 6.45) is 0. The van der Waals surface area contributed by atoms with Gasteiger partial charge in [0.05, 0.1) is 12.5 Å². The highest BCUT2D eigenvalue weighted by atomic mass is 32.2. The summed E-state index contributed by atoms with van der Waals surface area (Å²) < 4.78 is 4.85. The van der Waals surface area contributed by atoms with E-state index in [0.29, 0.717) is 0 Å². The molecule has 0 radical (unpaired) electrons. The zero-order chi connectivity index (χ0) is 12.5. The van der Waals surface area contributed by atoms with Crippen LogP contribution in [-0.4, -0.2) is 25.4 Å². The van der Waals surface area contributed by atoms with Gasteiger partial charge >= 0.3 is 5.97 Å². The van der Waals surface area contributed by atoms with Crippen molar-refractivity contribution in [2.75, 3.05) is 24.7 Å². The number of carbonyl (C=O) groups excluding carboxylic acids is 1. The first-order valence-corrected chi connectivity index (χ1v) is 6.64. The molecule has 0 unspecified atom stereocenters. The average Bonchev–Trinajstić information content (AvgIpc) is 2.37. The summed E-state index contributed by atoms with van der Waals surface area (Å²) in [6.45, 7) is 4.74. The minimum Gasteiger partial charge on any atom is -0.468 e. The van der Waals surface area contributed by atoms with Crippen LogP contribution in [0.25, 0.3) is 0 Å². The maximum Gasteiger partial charge on any atom is 0.315 e. The number of ether oxygens (including phenoxy) is 1. The Morgan fingerprint density at radius 1 is 1.47 bits per heavy atom. The van der Waals surface area contributed by atoms with Gasteiger partial charge in [0, 0.05) is 22.9 Å². The van der Waals surface area contributed by atoms with Gasteiger partial charge in [-0.05, 0) is 31.5 Å². The minimum absolute atomic E-state index is 0.207. The van der Waals surface area contributed by atoms with Crippen molar-refractivity contribution in [1.29, 1.82) is 0 Å². The van der Waals surface area contributed by atoms with E-state index in [1.54, 1.807) is 0 Å². The van der Waals surface area contributed by atoms with Crippen molar-refractivity contribution in [3.63, 3.8) is 0 Å². The lowest BCUT2D eigenvalue weighted by Crippen LogP contribution is -2.30. The smallest absolute Gasteiger partial charge is 0.315 e. The molecule has 4 heteroatoms. The summed E-state index contributed by atoms with van der Waals surface area (Å²) in [5, 5.41) is 3.36. The second-order valence-corrected chi connectivity index (χ2v) is 5.74. The van der Waals surface area contributed by atoms with E-state index in [-0.39, 0.29) is 5.97 Å². The van der Waals surface area contributed by atoms with Gasteiger partial charge in [-0.15, -0.1) is 11.8 Å². The Morgan fingerprint density at radius 3 is 2.94 bits per heavy atom. The molecule has 0 atom stereocenters. The quantitative estimate of drug-likeness (QED) is 0.820. The molecule has 1 aliphatic rings. The highest BCUT2D eigenvalue weighted by molar-refractivity contribution is 7.99. The summed E-state index contributed by atoms with van der Waals surface area (Å²) >= 11 is 1.84. The fourth-order valence-electron chi connectivity index (χ4n) is 1.90. The monoisotopic (exact) mass is 251 g/mol. The minimum atomic E-state index is -0.604. The molecule has 0 aliphatic carbocycles. The molecule has 0 spiro atoms. The van der Waals surface area contributed by atoms with Gasteiger partial charge in [-0.3, -0.25) is 4.79 Å². The maximum atomic E-state index is 11.8. The molecule has 2 rings (SSSR count). The second kappa shape index (κ2) is 4.61. The zero-order valence-electron chi connectivity index (χ0n) is 10.4. The number of methoxy groups -OCH3 is 1. The summed E-state index contributed by atoms with van der Waals surface area (Å²) in [7, 11) is 1.43. The Labute approximate surface area is 106 Å². The van der Waals surface area contributed by atoms with E-state index < -0.39 is 5.41 Å². The van der Waals surface area contributed by atoms with E-state index in [4.69, 9.17) is 4.74 Å². The average molecular weight is 251 g/mol. The van der Waals surface area contributed by atoms with Crippen LogP contribution in [0.2, 0.25) is 0 Å². The number of hydrogen-bond acceptors (Lipinski definition) is 4. The van der Waals surface area contributed by atoms with E-state index >= 15 is 0 Å². The number of nitrogens with one attached hydrogen (secondary N) is 1. The molecule has 0 saturated heterocycles. The summed E-state index contributed by atoms with van der Waals surface area (Å²) in [5.41, 5.74) is 1.50. The lowest BCUT2D eigenvalue weighted by molar-refractivity contribution is -0.146. The lowest BCUT2D eigenvalue weighted by atomic mass is 9.84. The van der Waals surface area contributed by atoms with Gasteiger partial charge in [0.1, 0.15) is 0 Å². The van der Waals surface area contributed by atoms with Gasteiger partial charge in [-0.2, -0.15) is 0 Å². The van der Waals surface area contributed by atoms with Crippen LogP contribution in [0.5, 0.6) is 0 Å². The first-order valence-electron chi connectivity index (χ1n) is 5.65. The predicted octanol–water partition coefficient (Wildman–Crippen LogP) is 2.65. The zero-order valence-corrected chi connectivity index (χ0v) is 11.2. The standard InChI is InChI=1S/C13H17NO2S/c1-13(2,12(15)16-3)9-4-5-11-10(8-9)14-6-7-17-11/h4-5,8,14H,6-7H2,1-3H3. The Hall–Kier alpha value is -1.16. The van der Waals surface area contributed by atoms with Gasteiger partial charge in [-0.25, -0.2) is 0 Å². The van der Waals surface area contributed by atoms with E-state index in [2.05, 4.69) is 17.4 Å². The molecule has 1 aromatic carbocycles. The third-order valence-electron chi connectivity index (χ3n) is 3.07. The van der Waals surface area contributed by atoms with E-state index in [9.17, 15) is 4.79 Å². The maximum absolute atomic E-state index is 11.8. The molecule has 3 nitrogen and oxygen atoms in total. The lowest BCUT2D eigenvalue weighted by Gasteiger charge is -2.25. The summed E-state index contributed by atoms with van der Waals surface area (Å²) in [4.78, 5) is 13.0. The molecule has 0 amide bonds. The Kier molecular flexibility index (Phi) is 3.33. The molecule has 17 heavy (non-hydrogen) atoms. The Bertz CT molecular complexity index is 443. The van der Waals surface area contributed by atoms with Gasteiger partial charge in [-0.1, -0.05) is 6.07 Å². The fraction of sp³-hybridized carbons (Fsp3) is 0.462. The number of esters is 1. The van der Waals surface area contributed by atoms with Gasteiger partial charge < -0.3 is 10.1 Å². The molecular formula is C13H17NO2S. The first-order chi connectivity index (χ1) is 8.05. The number of rotatable bonds is 2. The van der Waals surface area contributed by atoms with Crippen molar-refractivity contribution < 1.29 is 9.53 Å². The van der Waals surface area contributed by atoms with Crippen LogP contribution < -0.4 is 5.32 Å². The van der Waals surface area contributed by atoms with Crippen molar-refractivity contribution >= 4 is 23.4 Å². The van der Waals surface area contributed by atoms with Gasteiger partial charge in [0.2, 0.25) is 0 Å². The number of thioether (sulfide) groups is 1. The number of benzene rings is 1. The number of hydrogen-bond donors (Lipinski definition) is 1. The number of anilines is 1. The molecule has 1 aromatic rings. The largest absolute Gasteiger partial charge is 0.468 e. The molecule has 1 heterocycles. The van der Waals surface area contributed by atoms with Crippen LogP contribution >= 0.6 is 11.8 Å². The SMILES string of the molecule is COC(=O)C(C)(C)c1ccc2c(c1)NCCS2. The van der Waals surface area contributed by atoms with Crippen molar-refractivity contribution in [3.05, 3.63) is 23.8 Å². The highest BCUT2D eigenvalue weighted by Gasteiger charge is 2.31. The molecule has 0 saturated carbocycles. The fourth-order valence-corrected chi connectivity index (χ4v) is 2.78. The molecule has 92 valence electrons. The highest BCUT2D eigenvalue weighted by Crippen LogP contribution is 2.35. The second-order valence-electron chi connectivity index (χ2n) is 4.60. The van der Waals surface area contributed by atoms with Crippen molar-refractivity contribution in [3.8, 4) is 0 Å². The van der Waals surface area contributed by atoms with Crippen LogP contribution in [-0.2, 0) is 14.9 Å². The van der Waals surface area contributed by atoms with Crippen LogP contribution in [0.4, 0.5) is 5.69 Å². The van der Waals surface area contributed by atoms with Crippen LogP contribution in [0, 0.1) is 0 Å². The van der Waals surface area contributed by atoms with Crippen molar-refractivity contribution in [1.82, 2.24) is 0 Å². The first kappa shape index (κ1) is 12.3. The van der Waals surface area contributed by atoms with Crippen LogP contribution in [0.15, 0.2) is 23.1 Å². The Morgan fingerprint density at radius 2 is 2.24 bits per heavy atom. The third-order valence-corrected chi connectivity index (χ3v) is 4.15. The third kappa shape index (κ3) is 2.27. The topological polar surface area (TPSA) is 38.3 Å². The number of carbonyl (C=O) groups is 1. The van der Waals surface area contributed by atoms with Gasteiger partial charge in [0.25, 0.3) is 0 Å². The molecular weight excluding hydrogens is 234 g/mol. The molecule has 1 aliphatic heterocycles. The molecule has 1 N–H and O–H groups in total. The Balaban J connectivity index is 2.36. The van der Waals surface area contributed by atoms with Crippen molar-refractivity contribution in [2.24, 2.45) is 0 Å². The molecule has 0 fully saturated rings. The molecule has 0 aromatic heterocycles. The van der Waals surface area contributed by atoms with Gasteiger partial charge in [0.15, 0.2) is 0 Å². The summed E-state index contributed by atoms with van der Waals surface area (Å²) in [5.74, 6) is 0.883. The number of fused-ring (bicyclic) bond motifs is 1. The van der Waals surface area contributed by atoms with Crippen molar-refractivity contribution in [2.45, 2.75) is 24.2 Å². The normalized spacial score (nSPS) is 14.8. The van der Waals surface area contributed by atoms with Crippen LogP contribution in [0.1, 0.15) is 19.4 Å². The van der Waals surface area contributed by atoms with E-state index in [0.717, 1.165) is 23.5 Å². The van der Waals surface area contributed by atoms with Crippen LogP contribution in [0.3, 0.4) is 0 Å². The van der Waals surface area contributed by atoms with E-state index in [1.165, 1.54) is 12.0 Å². The molecule has 0 bridgehead atoms. The summed E-state index contributed by atoms with van der Waals surface area (Å²) in [6, 6.07) is 6.14.